The van der Waals surface area contributed by atoms with E-state index >= 15 is 0 Å². The van der Waals surface area contributed by atoms with E-state index in [0.717, 1.165) is 0 Å². The summed E-state index contributed by atoms with van der Waals surface area (Å²) in [6.45, 7) is 6.12. The molecule has 12 heteroatoms. The van der Waals surface area contributed by atoms with Crippen LogP contribution in [0.4, 0.5) is 0 Å². The van der Waals surface area contributed by atoms with Crippen molar-refractivity contribution in [2.75, 3.05) is 6.61 Å². The minimum absolute atomic E-state index is 0.192. The van der Waals surface area contributed by atoms with Crippen molar-refractivity contribution in [1.82, 2.24) is 16.0 Å². The highest BCUT2D eigenvalue weighted by Crippen LogP contribution is 2.09. The lowest BCUT2D eigenvalue weighted by Gasteiger charge is -2.26. The first-order chi connectivity index (χ1) is 14.9. The van der Waals surface area contributed by atoms with Gasteiger partial charge >= 0.3 is 11.9 Å². The molecule has 0 aliphatic carbocycles. The smallest absolute Gasteiger partial charge is 0.326 e. The topological polar surface area (TPSA) is 208 Å². The second-order valence-corrected chi connectivity index (χ2v) is 7.86. The van der Waals surface area contributed by atoms with Crippen molar-refractivity contribution in [3.05, 3.63) is 0 Å². The molecule has 184 valence electrons. The number of nitrogens with two attached hydrogens (primary N) is 1. The van der Waals surface area contributed by atoms with Gasteiger partial charge in [0.1, 0.15) is 18.1 Å². The summed E-state index contributed by atoms with van der Waals surface area (Å²) in [5, 5.41) is 34.7. The molecule has 32 heavy (non-hydrogen) atoms. The number of amides is 3. The van der Waals surface area contributed by atoms with Gasteiger partial charge in [0.15, 0.2) is 0 Å². The van der Waals surface area contributed by atoms with Gasteiger partial charge in [-0.25, -0.2) is 4.79 Å². The highest BCUT2D eigenvalue weighted by Gasteiger charge is 2.32. The molecule has 0 aliphatic rings. The number of aliphatic hydroxyl groups excluding tert-OH is 1. The Morgan fingerprint density at radius 3 is 1.75 bits per heavy atom. The first kappa shape index (κ1) is 29.3. The molecule has 0 saturated carbocycles. The standard InChI is InChI=1S/C20H36N4O8/c1-5-10(3)15(21)19(30)22-12(7-8-14(26)27)17(28)23-13(9-25)18(29)24-16(20(31)32)11(4)6-2/h10-13,15-16,25H,5-9,21H2,1-4H3,(H,22,30)(H,23,28)(H,24,29)(H,26,27)(H,31,32). The van der Waals surface area contributed by atoms with Crippen molar-refractivity contribution in [1.29, 1.82) is 0 Å². The molecule has 0 aromatic carbocycles. The van der Waals surface area contributed by atoms with Gasteiger partial charge in [-0.05, 0) is 18.3 Å². The summed E-state index contributed by atoms with van der Waals surface area (Å²) in [7, 11) is 0. The Bertz CT molecular complexity index is 672. The number of carbonyl (C=O) groups excluding carboxylic acids is 3. The third kappa shape index (κ3) is 9.60. The summed E-state index contributed by atoms with van der Waals surface area (Å²) in [6, 6.07) is -4.97. The predicted octanol–water partition coefficient (Wildman–Crippen LogP) is -1.20. The maximum atomic E-state index is 12.7. The summed E-state index contributed by atoms with van der Waals surface area (Å²) < 4.78 is 0. The molecule has 0 bridgehead atoms. The monoisotopic (exact) mass is 460 g/mol. The number of aliphatic hydroxyl groups is 1. The highest BCUT2D eigenvalue weighted by atomic mass is 16.4. The summed E-state index contributed by atoms with van der Waals surface area (Å²) in [4.78, 5) is 59.8. The summed E-state index contributed by atoms with van der Waals surface area (Å²) in [6.07, 6.45) is 0.355. The van der Waals surface area contributed by atoms with Crippen LogP contribution in [0.2, 0.25) is 0 Å². The van der Waals surface area contributed by atoms with Crippen LogP contribution in [0.5, 0.6) is 0 Å². The molecule has 0 radical (unpaired) electrons. The van der Waals surface area contributed by atoms with Crippen LogP contribution in [0.3, 0.4) is 0 Å². The molecule has 3 amide bonds. The molecule has 0 spiro atoms. The SMILES string of the molecule is CCC(C)C(N)C(=O)NC(CCC(=O)O)C(=O)NC(CO)C(=O)NC(C(=O)O)C(C)CC. The van der Waals surface area contributed by atoms with E-state index in [1.807, 2.05) is 6.92 Å². The normalized spacial score (nSPS) is 16.6. The second kappa shape index (κ2) is 14.4. The Kier molecular flexibility index (Phi) is 13.1. The lowest BCUT2D eigenvalue weighted by molar-refractivity contribution is -0.144. The summed E-state index contributed by atoms with van der Waals surface area (Å²) >= 11 is 0. The van der Waals surface area contributed by atoms with Crippen molar-refractivity contribution in [2.45, 2.75) is 77.5 Å². The van der Waals surface area contributed by atoms with Crippen molar-refractivity contribution in [3.63, 3.8) is 0 Å². The van der Waals surface area contributed by atoms with Gasteiger partial charge in [-0.15, -0.1) is 0 Å². The lowest BCUT2D eigenvalue weighted by atomic mass is 9.98. The third-order valence-corrected chi connectivity index (χ3v) is 5.43. The van der Waals surface area contributed by atoms with E-state index in [1.54, 1.807) is 20.8 Å². The van der Waals surface area contributed by atoms with Crippen molar-refractivity contribution in [3.8, 4) is 0 Å². The van der Waals surface area contributed by atoms with Crippen LogP contribution < -0.4 is 21.7 Å². The van der Waals surface area contributed by atoms with Crippen LogP contribution in [0.25, 0.3) is 0 Å². The van der Waals surface area contributed by atoms with Crippen molar-refractivity contribution in [2.24, 2.45) is 17.6 Å². The Balaban J connectivity index is 5.38. The maximum Gasteiger partial charge on any atom is 0.326 e. The van der Waals surface area contributed by atoms with E-state index in [-0.39, 0.29) is 12.3 Å². The molecule has 6 unspecified atom stereocenters. The molecule has 0 heterocycles. The fraction of sp³-hybridized carbons (Fsp3) is 0.750. The van der Waals surface area contributed by atoms with Gasteiger partial charge < -0.3 is 37.0 Å². The van der Waals surface area contributed by atoms with Crippen LogP contribution in [-0.2, 0) is 24.0 Å². The van der Waals surface area contributed by atoms with E-state index in [1.165, 1.54) is 0 Å². The van der Waals surface area contributed by atoms with Gasteiger partial charge in [0, 0.05) is 6.42 Å². The van der Waals surface area contributed by atoms with Crippen LogP contribution in [0.15, 0.2) is 0 Å². The van der Waals surface area contributed by atoms with Gasteiger partial charge in [0.05, 0.1) is 12.6 Å². The quantitative estimate of drug-likeness (QED) is 0.156. The van der Waals surface area contributed by atoms with Crippen LogP contribution in [0.1, 0.15) is 53.4 Å². The number of hydrogen-bond acceptors (Lipinski definition) is 7. The molecule has 0 fully saturated rings. The third-order valence-electron chi connectivity index (χ3n) is 5.43. The first-order valence-corrected chi connectivity index (χ1v) is 10.6. The number of carboxylic acid groups (broad SMARTS) is 2. The van der Waals surface area contributed by atoms with Gasteiger partial charge in [-0.3, -0.25) is 19.2 Å². The number of hydrogen-bond donors (Lipinski definition) is 7. The van der Waals surface area contributed by atoms with E-state index in [2.05, 4.69) is 16.0 Å². The van der Waals surface area contributed by atoms with Gasteiger partial charge in [-0.2, -0.15) is 0 Å². The van der Waals surface area contributed by atoms with Crippen molar-refractivity contribution < 1.29 is 39.3 Å². The first-order valence-electron chi connectivity index (χ1n) is 10.6. The number of carboxylic acids is 2. The zero-order chi connectivity index (χ0) is 25.0. The second-order valence-electron chi connectivity index (χ2n) is 7.86. The Hall–Kier alpha value is -2.73. The van der Waals surface area contributed by atoms with E-state index < -0.39 is 72.8 Å². The Morgan fingerprint density at radius 1 is 0.812 bits per heavy atom. The maximum absolute atomic E-state index is 12.7. The fourth-order valence-electron chi connectivity index (χ4n) is 2.72. The molecule has 0 aromatic rings. The Labute approximate surface area is 187 Å². The fourth-order valence-corrected chi connectivity index (χ4v) is 2.72. The minimum Gasteiger partial charge on any atom is -0.481 e. The largest absolute Gasteiger partial charge is 0.481 e. The molecule has 0 aliphatic heterocycles. The predicted molar refractivity (Wildman–Crippen MR) is 114 cm³/mol. The molecule has 6 atom stereocenters. The minimum atomic E-state index is -1.50. The zero-order valence-electron chi connectivity index (χ0n) is 19.0. The number of nitrogens with one attached hydrogen (secondary N) is 3. The molecular formula is C20H36N4O8. The number of carbonyl (C=O) groups is 5. The number of aliphatic carboxylic acids is 2. The molecule has 12 nitrogen and oxygen atoms in total. The molecule has 0 rings (SSSR count). The van der Waals surface area contributed by atoms with Gasteiger partial charge in [-0.1, -0.05) is 40.5 Å². The van der Waals surface area contributed by atoms with Crippen LogP contribution in [0, 0.1) is 11.8 Å². The highest BCUT2D eigenvalue weighted by molar-refractivity contribution is 5.94. The molecular weight excluding hydrogens is 424 g/mol. The van der Waals surface area contributed by atoms with Crippen LogP contribution in [-0.4, -0.2) is 75.8 Å². The molecule has 0 aromatic heterocycles. The van der Waals surface area contributed by atoms with E-state index in [4.69, 9.17) is 10.8 Å². The lowest BCUT2D eigenvalue weighted by Crippen LogP contribution is -2.59. The van der Waals surface area contributed by atoms with Gasteiger partial charge in [0.2, 0.25) is 17.7 Å². The Morgan fingerprint density at radius 2 is 1.31 bits per heavy atom. The number of rotatable bonds is 15. The summed E-state index contributed by atoms with van der Waals surface area (Å²) in [5.41, 5.74) is 5.86. The van der Waals surface area contributed by atoms with Gasteiger partial charge in [0.25, 0.3) is 0 Å². The van der Waals surface area contributed by atoms with Crippen LogP contribution >= 0.6 is 0 Å². The average molecular weight is 461 g/mol. The molecule has 8 N–H and O–H groups in total. The van der Waals surface area contributed by atoms with E-state index in [9.17, 15) is 34.2 Å². The average Bonchev–Trinajstić information content (AvgIpc) is 2.75. The van der Waals surface area contributed by atoms with E-state index in [0.29, 0.717) is 12.8 Å². The zero-order valence-corrected chi connectivity index (χ0v) is 19.0. The van der Waals surface area contributed by atoms with Crippen molar-refractivity contribution >= 4 is 29.7 Å². The summed E-state index contributed by atoms with van der Waals surface area (Å²) in [5.74, 6) is -5.54. The molecule has 0 saturated heterocycles.